The molecule has 2 N–H and O–H groups in total. The number of amides is 1. The van der Waals surface area contributed by atoms with Gasteiger partial charge in [0.2, 0.25) is 5.91 Å². The van der Waals surface area contributed by atoms with Crippen LogP contribution in [0.15, 0.2) is 0 Å². The van der Waals surface area contributed by atoms with Gasteiger partial charge in [-0.3, -0.25) is 9.59 Å². The van der Waals surface area contributed by atoms with Crippen LogP contribution in [0.25, 0.3) is 0 Å². The molecule has 1 aliphatic carbocycles. The summed E-state index contributed by atoms with van der Waals surface area (Å²) in [5, 5.41) is 12.2. The topological polar surface area (TPSA) is 66.4 Å². The molecule has 0 spiro atoms. The number of rotatable bonds is 4. The molecule has 2 atom stereocenters. The third-order valence-corrected chi connectivity index (χ3v) is 5.29. The van der Waals surface area contributed by atoms with E-state index in [0.29, 0.717) is 18.8 Å². The van der Waals surface area contributed by atoms with Crippen LogP contribution in [0.3, 0.4) is 0 Å². The Morgan fingerprint density at radius 3 is 2.47 bits per heavy atom. The third kappa shape index (κ3) is 4.41. The molecule has 1 saturated heterocycles. The van der Waals surface area contributed by atoms with E-state index in [0.717, 1.165) is 43.6 Å². The maximum atomic E-state index is 12.0. The normalized spacial score (nSPS) is 28.8. The Morgan fingerprint density at radius 2 is 1.79 bits per heavy atom. The lowest BCUT2D eigenvalue weighted by Gasteiger charge is -2.30. The van der Waals surface area contributed by atoms with Crippen molar-refractivity contribution in [1.29, 1.82) is 0 Å². The first-order chi connectivity index (χ1) is 9.16. The molecule has 0 aromatic carbocycles. The lowest BCUT2D eigenvalue weighted by atomic mass is 9.84. The molecule has 1 amide bonds. The fraction of sp³-hybridized carbons (Fsp3) is 0.857. The number of carbonyl (C=O) groups is 2. The number of carboxylic acids is 1. The molecule has 19 heavy (non-hydrogen) atoms. The summed E-state index contributed by atoms with van der Waals surface area (Å²) in [6.07, 6.45) is 6.29. The number of carboxylic acid groups (broad SMARTS) is 1. The minimum Gasteiger partial charge on any atom is -0.481 e. The predicted molar refractivity (Wildman–Crippen MR) is 76.2 cm³/mol. The third-order valence-electron chi connectivity index (χ3n) is 4.24. The number of hydrogen-bond acceptors (Lipinski definition) is 3. The zero-order chi connectivity index (χ0) is 13.7. The van der Waals surface area contributed by atoms with E-state index < -0.39 is 5.97 Å². The van der Waals surface area contributed by atoms with Gasteiger partial charge in [0.15, 0.2) is 0 Å². The maximum Gasteiger partial charge on any atom is 0.308 e. The molecule has 1 heterocycles. The Hall–Kier alpha value is -0.710. The molecule has 2 aliphatic rings. The van der Waals surface area contributed by atoms with Crippen molar-refractivity contribution < 1.29 is 14.7 Å². The van der Waals surface area contributed by atoms with E-state index in [1.165, 1.54) is 0 Å². The van der Waals surface area contributed by atoms with Gasteiger partial charge in [0.25, 0.3) is 0 Å². The lowest BCUT2D eigenvalue weighted by Crippen LogP contribution is -2.45. The highest BCUT2D eigenvalue weighted by Crippen LogP contribution is 2.27. The molecule has 1 aliphatic heterocycles. The Kier molecular flexibility index (Phi) is 5.55. The van der Waals surface area contributed by atoms with Crippen molar-refractivity contribution >= 4 is 23.6 Å². The average Bonchev–Trinajstić information content (AvgIpc) is 2.40. The molecule has 0 bridgehead atoms. The van der Waals surface area contributed by atoms with E-state index >= 15 is 0 Å². The molecule has 4 nitrogen and oxygen atoms in total. The van der Waals surface area contributed by atoms with Crippen molar-refractivity contribution in [2.75, 3.05) is 11.5 Å². The minimum atomic E-state index is -0.765. The second kappa shape index (κ2) is 7.17. The smallest absolute Gasteiger partial charge is 0.308 e. The van der Waals surface area contributed by atoms with Gasteiger partial charge in [-0.2, -0.15) is 11.8 Å². The van der Waals surface area contributed by atoms with Crippen LogP contribution in [0.2, 0.25) is 0 Å². The first kappa shape index (κ1) is 14.7. The van der Waals surface area contributed by atoms with Crippen molar-refractivity contribution in [3.63, 3.8) is 0 Å². The highest BCUT2D eigenvalue weighted by atomic mass is 32.2. The fourth-order valence-corrected chi connectivity index (χ4v) is 4.28. The van der Waals surface area contributed by atoms with Crippen molar-refractivity contribution in [2.24, 2.45) is 11.8 Å². The summed E-state index contributed by atoms with van der Waals surface area (Å²) in [6.45, 7) is 0. The summed E-state index contributed by atoms with van der Waals surface area (Å²) in [5.74, 6) is 1.69. The SMILES string of the molecule is O=C(CC1CCSCC1)NC1CCCCC1C(=O)O. The molecule has 5 heteroatoms. The second-order valence-electron chi connectivity index (χ2n) is 5.66. The van der Waals surface area contributed by atoms with Crippen LogP contribution in [0.1, 0.15) is 44.9 Å². The van der Waals surface area contributed by atoms with Gasteiger partial charge in [-0.1, -0.05) is 12.8 Å². The Bertz CT molecular complexity index is 329. The van der Waals surface area contributed by atoms with Gasteiger partial charge in [0.05, 0.1) is 5.92 Å². The van der Waals surface area contributed by atoms with Crippen LogP contribution in [-0.4, -0.2) is 34.5 Å². The molecule has 1 saturated carbocycles. The quantitative estimate of drug-likeness (QED) is 0.831. The average molecular weight is 285 g/mol. The van der Waals surface area contributed by atoms with Gasteiger partial charge in [-0.25, -0.2) is 0 Å². The zero-order valence-corrected chi connectivity index (χ0v) is 12.1. The van der Waals surface area contributed by atoms with Crippen LogP contribution in [0.5, 0.6) is 0 Å². The van der Waals surface area contributed by atoms with Gasteiger partial charge >= 0.3 is 5.97 Å². The summed E-state index contributed by atoms with van der Waals surface area (Å²) in [4.78, 5) is 23.2. The first-order valence-corrected chi connectivity index (χ1v) is 8.42. The summed E-state index contributed by atoms with van der Waals surface area (Å²) >= 11 is 1.96. The predicted octanol–water partition coefficient (Wildman–Crippen LogP) is 2.28. The molecule has 2 unspecified atom stereocenters. The van der Waals surface area contributed by atoms with Gasteiger partial charge in [-0.15, -0.1) is 0 Å². The van der Waals surface area contributed by atoms with Crippen molar-refractivity contribution in [1.82, 2.24) is 5.32 Å². The number of carbonyl (C=O) groups excluding carboxylic acids is 1. The van der Waals surface area contributed by atoms with E-state index in [9.17, 15) is 14.7 Å². The number of nitrogens with one attached hydrogen (secondary N) is 1. The summed E-state index contributed by atoms with van der Waals surface area (Å²) < 4.78 is 0. The van der Waals surface area contributed by atoms with E-state index in [1.54, 1.807) is 0 Å². The van der Waals surface area contributed by atoms with Gasteiger partial charge < -0.3 is 10.4 Å². The van der Waals surface area contributed by atoms with Crippen molar-refractivity contribution in [2.45, 2.75) is 51.0 Å². The van der Waals surface area contributed by atoms with Crippen LogP contribution in [0, 0.1) is 11.8 Å². The largest absolute Gasteiger partial charge is 0.481 e. The Balaban J connectivity index is 1.80. The van der Waals surface area contributed by atoms with E-state index in [4.69, 9.17) is 0 Å². The maximum absolute atomic E-state index is 12.0. The molecule has 0 aromatic rings. The standard InChI is InChI=1S/C14H23NO3S/c16-13(9-10-5-7-19-8-6-10)15-12-4-2-1-3-11(12)14(17)18/h10-12H,1-9H2,(H,15,16)(H,17,18). The van der Waals surface area contributed by atoms with Crippen molar-refractivity contribution in [3.8, 4) is 0 Å². The molecule has 2 rings (SSSR count). The summed E-state index contributed by atoms with van der Waals surface area (Å²) in [7, 11) is 0. The molecule has 2 fully saturated rings. The zero-order valence-electron chi connectivity index (χ0n) is 11.3. The Labute approximate surface area is 118 Å². The summed E-state index contributed by atoms with van der Waals surface area (Å²) in [5.41, 5.74) is 0. The highest BCUT2D eigenvalue weighted by molar-refractivity contribution is 7.99. The molecular weight excluding hydrogens is 262 g/mol. The van der Waals surface area contributed by atoms with Gasteiger partial charge in [-0.05, 0) is 43.1 Å². The van der Waals surface area contributed by atoms with Gasteiger partial charge in [0.1, 0.15) is 0 Å². The van der Waals surface area contributed by atoms with Crippen LogP contribution in [0.4, 0.5) is 0 Å². The number of hydrogen-bond donors (Lipinski definition) is 2. The first-order valence-electron chi connectivity index (χ1n) is 7.26. The second-order valence-corrected chi connectivity index (χ2v) is 6.89. The van der Waals surface area contributed by atoms with E-state index in [2.05, 4.69) is 5.32 Å². The molecular formula is C14H23NO3S. The monoisotopic (exact) mass is 285 g/mol. The Morgan fingerprint density at radius 1 is 1.11 bits per heavy atom. The number of aliphatic carboxylic acids is 1. The highest BCUT2D eigenvalue weighted by Gasteiger charge is 2.32. The minimum absolute atomic E-state index is 0.0510. The fourth-order valence-electron chi connectivity index (χ4n) is 3.08. The molecule has 0 radical (unpaired) electrons. The molecule has 0 aromatic heterocycles. The van der Waals surface area contributed by atoms with Crippen molar-refractivity contribution in [3.05, 3.63) is 0 Å². The van der Waals surface area contributed by atoms with E-state index in [1.807, 2.05) is 11.8 Å². The number of thioether (sulfide) groups is 1. The molecule has 108 valence electrons. The van der Waals surface area contributed by atoms with Crippen LogP contribution < -0.4 is 5.32 Å². The summed E-state index contributed by atoms with van der Waals surface area (Å²) in [6, 6.07) is -0.156. The van der Waals surface area contributed by atoms with Crippen LogP contribution in [-0.2, 0) is 9.59 Å². The van der Waals surface area contributed by atoms with Gasteiger partial charge in [0, 0.05) is 12.5 Å². The van der Waals surface area contributed by atoms with Crippen LogP contribution >= 0.6 is 11.8 Å². The van der Waals surface area contributed by atoms with E-state index in [-0.39, 0.29) is 17.9 Å². The lowest BCUT2D eigenvalue weighted by molar-refractivity contribution is -0.144.